The van der Waals surface area contributed by atoms with Crippen LogP contribution in [0.3, 0.4) is 0 Å². The van der Waals surface area contributed by atoms with Crippen LogP contribution in [-0.2, 0) is 4.79 Å². The first-order chi connectivity index (χ1) is 8.93. The lowest BCUT2D eigenvalue weighted by molar-refractivity contribution is -0.123. The zero-order chi connectivity index (χ0) is 14.4. The molecule has 5 nitrogen and oxygen atoms in total. The maximum Gasteiger partial charge on any atom is 0.335 e. The summed E-state index contributed by atoms with van der Waals surface area (Å²) in [7, 11) is 0. The molecule has 0 saturated carbocycles. The Bertz CT molecular complexity index is 471. The van der Waals surface area contributed by atoms with Crippen LogP contribution < -0.4 is 10.1 Å². The minimum atomic E-state index is -0.974. The van der Waals surface area contributed by atoms with Crippen LogP contribution in [0.5, 0.6) is 5.75 Å². The van der Waals surface area contributed by atoms with Crippen LogP contribution in [-0.4, -0.2) is 29.6 Å². The highest BCUT2D eigenvalue weighted by Gasteiger charge is 2.09. The van der Waals surface area contributed by atoms with Gasteiger partial charge in [0.2, 0.25) is 0 Å². The number of aromatic carboxylic acids is 1. The number of nitrogens with one attached hydrogen (secondary N) is 1. The predicted molar refractivity (Wildman–Crippen MR) is 71.5 cm³/mol. The SMILES string of the molecule is CCC(C)NC(=O)COc1ccc(C(=O)O)c(C)c1. The van der Waals surface area contributed by atoms with E-state index in [1.165, 1.54) is 6.07 Å². The van der Waals surface area contributed by atoms with Crippen LogP contribution in [0.15, 0.2) is 18.2 Å². The zero-order valence-electron chi connectivity index (χ0n) is 11.4. The van der Waals surface area contributed by atoms with Crippen molar-refractivity contribution in [2.45, 2.75) is 33.2 Å². The van der Waals surface area contributed by atoms with E-state index in [-0.39, 0.29) is 24.1 Å². The van der Waals surface area contributed by atoms with E-state index in [0.29, 0.717) is 11.3 Å². The van der Waals surface area contributed by atoms with Gasteiger partial charge in [0.1, 0.15) is 5.75 Å². The normalized spacial score (nSPS) is 11.7. The molecule has 5 heteroatoms. The number of carbonyl (C=O) groups excluding carboxylic acids is 1. The Kier molecular flexibility index (Phi) is 5.36. The molecule has 0 bridgehead atoms. The molecule has 1 amide bonds. The van der Waals surface area contributed by atoms with Crippen LogP contribution in [0, 0.1) is 6.92 Å². The highest BCUT2D eigenvalue weighted by atomic mass is 16.5. The van der Waals surface area contributed by atoms with E-state index < -0.39 is 5.97 Å². The summed E-state index contributed by atoms with van der Waals surface area (Å²) >= 11 is 0. The average Bonchev–Trinajstić information content (AvgIpc) is 2.35. The lowest BCUT2D eigenvalue weighted by Gasteiger charge is -2.12. The van der Waals surface area contributed by atoms with Gasteiger partial charge in [0, 0.05) is 6.04 Å². The summed E-state index contributed by atoms with van der Waals surface area (Å²) in [6.07, 6.45) is 0.859. The van der Waals surface area contributed by atoms with Gasteiger partial charge in [0.15, 0.2) is 6.61 Å². The molecule has 1 rings (SSSR count). The van der Waals surface area contributed by atoms with Gasteiger partial charge in [-0.05, 0) is 44.0 Å². The third-order valence-electron chi connectivity index (χ3n) is 2.82. The number of ether oxygens (including phenoxy) is 1. The van der Waals surface area contributed by atoms with Crippen LogP contribution in [0.2, 0.25) is 0 Å². The molecule has 0 aliphatic rings. The molecule has 1 aromatic rings. The first-order valence-corrected chi connectivity index (χ1v) is 6.20. The van der Waals surface area contributed by atoms with Gasteiger partial charge in [-0.1, -0.05) is 6.92 Å². The predicted octanol–water partition coefficient (Wildman–Crippen LogP) is 1.99. The molecule has 2 N–H and O–H groups in total. The van der Waals surface area contributed by atoms with Gasteiger partial charge < -0.3 is 15.2 Å². The topological polar surface area (TPSA) is 75.6 Å². The number of hydrogen-bond donors (Lipinski definition) is 2. The molecule has 1 unspecified atom stereocenters. The van der Waals surface area contributed by atoms with E-state index in [4.69, 9.17) is 9.84 Å². The molecule has 19 heavy (non-hydrogen) atoms. The third kappa shape index (κ3) is 4.62. The zero-order valence-corrected chi connectivity index (χ0v) is 11.4. The Morgan fingerprint density at radius 3 is 2.63 bits per heavy atom. The number of carboxylic acids is 1. The Morgan fingerprint density at radius 1 is 1.42 bits per heavy atom. The van der Waals surface area contributed by atoms with Gasteiger partial charge >= 0.3 is 5.97 Å². The molecule has 0 heterocycles. The number of rotatable bonds is 6. The fourth-order valence-corrected chi connectivity index (χ4v) is 1.53. The van der Waals surface area contributed by atoms with E-state index >= 15 is 0 Å². The van der Waals surface area contributed by atoms with Crippen LogP contribution in [0.4, 0.5) is 0 Å². The largest absolute Gasteiger partial charge is 0.484 e. The summed E-state index contributed by atoms with van der Waals surface area (Å²) in [6, 6.07) is 4.75. The summed E-state index contributed by atoms with van der Waals surface area (Å²) in [5.74, 6) is -0.672. The maximum absolute atomic E-state index is 11.5. The number of carbonyl (C=O) groups is 2. The Hall–Kier alpha value is -2.04. The average molecular weight is 265 g/mol. The molecule has 0 saturated heterocycles. The summed E-state index contributed by atoms with van der Waals surface area (Å²) < 4.78 is 5.32. The van der Waals surface area contributed by atoms with E-state index in [2.05, 4.69) is 5.32 Å². The summed E-state index contributed by atoms with van der Waals surface area (Å²) in [6.45, 7) is 5.52. The van der Waals surface area contributed by atoms with Crippen molar-refractivity contribution in [2.24, 2.45) is 0 Å². The van der Waals surface area contributed by atoms with Crippen molar-refractivity contribution in [2.75, 3.05) is 6.61 Å². The highest BCUT2D eigenvalue weighted by molar-refractivity contribution is 5.89. The maximum atomic E-state index is 11.5. The van der Waals surface area contributed by atoms with E-state index in [0.717, 1.165) is 6.42 Å². The Labute approximate surface area is 112 Å². The van der Waals surface area contributed by atoms with E-state index in [1.54, 1.807) is 19.1 Å². The van der Waals surface area contributed by atoms with Gasteiger partial charge in [-0.3, -0.25) is 4.79 Å². The van der Waals surface area contributed by atoms with Crippen LogP contribution in [0.25, 0.3) is 0 Å². The second-order valence-electron chi connectivity index (χ2n) is 4.45. The smallest absolute Gasteiger partial charge is 0.335 e. The van der Waals surface area contributed by atoms with Crippen molar-refractivity contribution in [1.29, 1.82) is 0 Å². The Balaban J connectivity index is 2.57. The molecule has 0 fully saturated rings. The Morgan fingerprint density at radius 2 is 2.11 bits per heavy atom. The number of benzene rings is 1. The van der Waals surface area contributed by atoms with Crippen molar-refractivity contribution >= 4 is 11.9 Å². The molecular formula is C14H19NO4. The molecule has 0 aliphatic heterocycles. The van der Waals surface area contributed by atoms with Crippen molar-refractivity contribution in [3.05, 3.63) is 29.3 Å². The number of amides is 1. The van der Waals surface area contributed by atoms with Crippen LogP contribution >= 0.6 is 0 Å². The lowest BCUT2D eigenvalue weighted by atomic mass is 10.1. The first kappa shape index (κ1) is 15.0. The second-order valence-corrected chi connectivity index (χ2v) is 4.45. The lowest BCUT2D eigenvalue weighted by Crippen LogP contribution is -2.35. The standard InChI is InChI=1S/C14H19NO4/c1-4-10(3)15-13(16)8-19-11-5-6-12(14(17)18)9(2)7-11/h5-7,10H,4,8H2,1-3H3,(H,15,16)(H,17,18). The third-order valence-corrected chi connectivity index (χ3v) is 2.82. The van der Waals surface area contributed by atoms with Crippen molar-refractivity contribution in [3.8, 4) is 5.75 Å². The molecule has 0 spiro atoms. The molecular weight excluding hydrogens is 246 g/mol. The van der Waals surface area contributed by atoms with Gasteiger partial charge in [-0.2, -0.15) is 0 Å². The van der Waals surface area contributed by atoms with Gasteiger partial charge in [0.25, 0.3) is 5.91 Å². The van der Waals surface area contributed by atoms with E-state index in [9.17, 15) is 9.59 Å². The summed E-state index contributed by atoms with van der Waals surface area (Å²) in [5, 5.41) is 11.7. The minimum Gasteiger partial charge on any atom is -0.484 e. The quantitative estimate of drug-likeness (QED) is 0.824. The van der Waals surface area contributed by atoms with Crippen molar-refractivity contribution < 1.29 is 19.4 Å². The fraction of sp³-hybridized carbons (Fsp3) is 0.429. The fourth-order valence-electron chi connectivity index (χ4n) is 1.53. The van der Waals surface area contributed by atoms with Gasteiger partial charge in [-0.15, -0.1) is 0 Å². The summed E-state index contributed by atoms with van der Waals surface area (Å²) in [5.41, 5.74) is 0.837. The van der Waals surface area contributed by atoms with Gasteiger partial charge in [0.05, 0.1) is 5.56 Å². The molecule has 0 aromatic heterocycles. The molecule has 0 radical (unpaired) electrons. The molecule has 104 valence electrons. The number of carboxylic acid groups (broad SMARTS) is 1. The summed E-state index contributed by atoms with van der Waals surface area (Å²) in [4.78, 5) is 22.4. The van der Waals surface area contributed by atoms with Crippen molar-refractivity contribution in [3.63, 3.8) is 0 Å². The highest BCUT2D eigenvalue weighted by Crippen LogP contribution is 2.17. The van der Waals surface area contributed by atoms with Gasteiger partial charge in [-0.25, -0.2) is 4.79 Å². The first-order valence-electron chi connectivity index (χ1n) is 6.20. The van der Waals surface area contributed by atoms with E-state index in [1.807, 2.05) is 13.8 Å². The minimum absolute atomic E-state index is 0.0732. The monoisotopic (exact) mass is 265 g/mol. The number of hydrogen-bond acceptors (Lipinski definition) is 3. The molecule has 1 aromatic carbocycles. The number of aryl methyl sites for hydroxylation is 1. The van der Waals surface area contributed by atoms with Crippen LogP contribution in [0.1, 0.15) is 36.2 Å². The molecule has 1 atom stereocenters. The molecule has 0 aliphatic carbocycles. The second kappa shape index (κ2) is 6.78. The van der Waals surface area contributed by atoms with Crippen molar-refractivity contribution in [1.82, 2.24) is 5.32 Å².